The van der Waals surface area contributed by atoms with Gasteiger partial charge in [0.1, 0.15) is 5.76 Å². The molecule has 3 nitrogen and oxygen atoms in total. The first-order chi connectivity index (χ1) is 6.77. The zero-order valence-electron chi connectivity index (χ0n) is 8.55. The summed E-state index contributed by atoms with van der Waals surface area (Å²) >= 11 is 0. The highest BCUT2D eigenvalue weighted by atomic mass is 16.5. The lowest BCUT2D eigenvalue weighted by Crippen LogP contribution is -2.13. The number of aryl methyl sites for hydroxylation is 1. The van der Waals surface area contributed by atoms with Crippen LogP contribution in [0.25, 0.3) is 0 Å². The molecule has 1 aliphatic heterocycles. The zero-order chi connectivity index (χ0) is 10.1. The van der Waals surface area contributed by atoms with Gasteiger partial charge in [-0.25, -0.2) is 4.79 Å². The van der Waals surface area contributed by atoms with Gasteiger partial charge in [-0.3, -0.25) is 0 Å². The van der Waals surface area contributed by atoms with E-state index in [2.05, 4.69) is 0 Å². The average molecular weight is 194 g/mol. The molecule has 0 saturated heterocycles. The van der Waals surface area contributed by atoms with Crippen molar-refractivity contribution >= 4 is 0 Å². The zero-order valence-corrected chi connectivity index (χ0v) is 8.55. The fraction of sp³-hybridized carbons (Fsp3) is 0.545. The van der Waals surface area contributed by atoms with E-state index in [0.717, 1.165) is 35.3 Å². The molecule has 0 atom stereocenters. The van der Waals surface area contributed by atoms with Crippen molar-refractivity contribution in [3.63, 3.8) is 0 Å². The standard InChI is InChI=1S/C11H14O3/c1-3-7-8-5-13-6-9(8)10(4-2)14-11(7)12/h3-6H2,1-2H3. The lowest BCUT2D eigenvalue weighted by Gasteiger charge is -2.06. The van der Waals surface area contributed by atoms with E-state index in [4.69, 9.17) is 9.15 Å². The lowest BCUT2D eigenvalue weighted by molar-refractivity contribution is 0.133. The largest absolute Gasteiger partial charge is 0.427 e. The average Bonchev–Trinajstić information content (AvgIpc) is 2.65. The molecule has 0 bridgehead atoms. The normalized spacial score (nSPS) is 14.4. The van der Waals surface area contributed by atoms with Gasteiger partial charge >= 0.3 is 5.63 Å². The summed E-state index contributed by atoms with van der Waals surface area (Å²) in [6, 6.07) is 0. The molecule has 2 rings (SSSR count). The maximum absolute atomic E-state index is 11.6. The highest BCUT2D eigenvalue weighted by molar-refractivity contribution is 5.36. The van der Waals surface area contributed by atoms with E-state index in [1.165, 1.54) is 0 Å². The van der Waals surface area contributed by atoms with E-state index in [9.17, 15) is 4.79 Å². The molecule has 14 heavy (non-hydrogen) atoms. The SMILES string of the molecule is CCc1oc(=O)c(CC)c2c1COC2. The molecule has 0 fully saturated rings. The second-order valence-corrected chi connectivity index (χ2v) is 3.45. The van der Waals surface area contributed by atoms with E-state index in [-0.39, 0.29) is 5.63 Å². The molecule has 0 spiro atoms. The van der Waals surface area contributed by atoms with E-state index < -0.39 is 0 Å². The van der Waals surface area contributed by atoms with Gasteiger partial charge in [0.25, 0.3) is 0 Å². The van der Waals surface area contributed by atoms with Crippen molar-refractivity contribution in [1.29, 1.82) is 0 Å². The van der Waals surface area contributed by atoms with Crippen LogP contribution in [0.15, 0.2) is 9.21 Å². The van der Waals surface area contributed by atoms with E-state index in [1.807, 2.05) is 13.8 Å². The van der Waals surface area contributed by atoms with Crippen LogP contribution in [0.1, 0.15) is 36.3 Å². The maximum Gasteiger partial charge on any atom is 0.339 e. The van der Waals surface area contributed by atoms with Crippen molar-refractivity contribution in [2.75, 3.05) is 0 Å². The van der Waals surface area contributed by atoms with E-state index in [1.54, 1.807) is 0 Å². The maximum atomic E-state index is 11.6. The van der Waals surface area contributed by atoms with Gasteiger partial charge in [0.05, 0.1) is 13.2 Å². The van der Waals surface area contributed by atoms with Crippen LogP contribution in [0.3, 0.4) is 0 Å². The Hall–Kier alpha value is -1.09. The molecule has 0 saturated carbocycles. The molecule has 1 aromatic rings. The third-order valence-electron chi connectivity index (χ3n) is 2.69. The predicted octanol–water partition coefficient (Wildman–Crippen LogP) is 1.79. The Morgan fingerprint density at radius 2 is 1.86 bits per heavy atom. The van der Waals surface area contributed by atoms with Crippen LogP contribution in [0.2, 0.25) is 0 Å². The molecule has 3 heteroatoms. The Bertz CT molecular complexity index is 404. The monoisotopic (exact) mass is 194 g/mol. The summed E-state index contributed by atoms with van der Waals surface area (Å²) in [5.41, 5.74) is 2.77. The molecule has 0 N–H and O–H groups in total. The molecule has 0 aromatic carbocycles. The molecular weight excluding hydrogens is 180 g/mol. The first-order valence-electron chi connectivity index (χ1n) is 5.02. The number of fused-ring (bicyclic) bond motifs is 1. The highest BCUT2D eigenvalue weighted by Crippen LogP contribution is 2.25. The van der Waals surface area contributed by atoms with Crippen LogP contribution >= 0.6 is 0 Å². The van der Waals surface area contributed by atoms with Gasteiger partial charge in [0, 0.05) is 17.5 Å². The van der Waals surface area contributed by atoms with Gasteiger partial charge in [-0.15, -0.1) is 0 Å². The summed E-state index contributed by atoms with van der Waals surface area (Å²) in [5, 5.41) is 0. The molecular formula is C11H14O3. The summed E-state index contributed by atoms with van der Waals surface area (Å²) in [5.74, 6) is 0.791. The molecule has 0 aliphatic carbocycles. The van der Waals surface area contributed by atoms with Crippen LogP contribution in [0.4, 0.5) is 0 Å². The van der Waals surface area contributed by atoms with Gasteiger partial charge in [-0.2, -0.15) is 0 Å². The smallest absolute Gasteiger partial charge is 0.339 e. The van der Waals surface area contributed by atoms with Gasteiger partial charge in [-0.1, -0.05) is 13.8 Å². The second-order valence-electron chi connectivity index (χ2n) is 3.45. The van der Waals surface area contributed by atoms with Crippen molar-refractivity contribution in [1.82, 2.24) is 0 Å². The summed E-state index contributed by atoms with van der Waals surface area (Å²) in [4.78, 5) is 11.6. The highest BCUT2D eigenvalue weighted by Gasteiger charge is 2.22. The van der Waals surface area contributed by atoms with E-state index in [0.29, 0.717) is 13.2 Å². The minimum absolute atomic E-state index is 0.186. The Morgan fingerprint density at radius 3 is 2.50 bits per heavy atom. The van der Waals surface area contributed by atoms with Crippen molar-refractivity contribution < 1.29 is 9.15 Å². The molecule has 2 heterocycles. The molecule has 76 valence electrons. The first kappa shape index (κ1) is 9.46. The molecule has 1 aromatic heterocycles. The van der Waals surface area contributed by atoms with Crippen LogP contribution in [0, 0.1) is 0 Å². The third-order valence-corrected chi connectivity index (χ3v) is 2.69. The first-order valence-corrected chi connectivity index (χ1v) is 5.02. The molecule has 0 radical (unpaired) electrons. The summed E-state index contributed by atoms with van der Waals surface area (Å²) in [7, 11) is 0. The Kier molecular flexibility index (Phi) is 2.42. The van der Waals surface area contributed by atoms with Crippen LogP contribution < -0.4 is 5.63 Å². The van der Waals surface area contributed by atoms with Crippen LogP contribution in [-0.4, -0.2) is 0 Å². The summed E-state index contributed by atoms with van der Waals surface area (Å²) < 4.78 is 10.6. The minimum atomic E-state index is -0.186. The second kappa shape index (κ2) is 3.58. The van der Waals surface area contributed by atoms with Gasteiger partial charge < -0.3 is 9.15 Å². The Labute approximate surface area is 82.7 Å². The minimum Gasteiger partial charge on any atom is -0.427 e. The van der Waals surface area contributed by atoms with Crippen molar-refractivity contribution in [2.45, 2.75) is 39.9 Å². The summed E-state index contributed by atoms with van der Waals surface area (Å²) in [6.45, 7) is 5.12. The summed E-state index contributed by atoms with van der Waals surface area (Å²) in [6.07, 6.45) is 1.48. The molecule has 0 amide bonds. The van der Waals surface area contributed by atoms with Gasteiger partial charge in [0.2, 0.25) is 0 Å². The Morgan fingerprint density at radius 1 is 1.14 bits per heavy atom. The van der Waals surface area contributed by atoms with Crippen molar-refractivity contribution in [3.05, 3.63) is 32.9 Å². The quantitative estimate of drug-likeness (QED) is 0.720. The van der Waals surface area contributed by atoms with Crippen molar-refractivity contribution in [2.24, 2.45) is 0 Å². The predicted molar refractivity (Wildman–Crippen MR) is 52.2 cm³/mol. The lowest BCUT2D eigenvalue weighted by atomic mass is 10.0. The number of hydrogen-bond acceptors (Lipinski definition) is 3. The number of ether oxygens (including phenoxy) is 1. The van der Waals surface area contributed by atoms with Crippen LogP contribution in [-0.2, 0) is 30.8 Å². The number of hydrogen-bond donors (Lipinski definition) is 0. The number of rotatable bonds is 2. The topological polar surface area (TPSA) is 39.4 Å². The fourth-order valence-electron chi connectivity index (χ4n) is 1.95. The van der Waals surface area contributed by atoms with Gasteiger partial charge in [-0.05, 0) is 12.0 Å². The third kappa shape index (κ3) is 1.28. The molecule has 0 unspecified atom stereocenters. The van der Waals surface area contributed by atoms with E-state index >= 15 is 0 Å². The molecule has 1 aliphatic rings. The Balaban J connectivity index is 2.68. The fourth-order valence-corrected chi connectivity index (χ4v) is 1.95. The van der Waals surface area contributed by atoms with Crippen molar-refractivity contribution in [3.8, 4) is 0 Å². The van der Waals surface area contributed by atoms with Crippen LogP contribution in [0.5, 0.6) is 0 Å². The van der Waals surface area contributed by atoms with Gasteiger partial charge in [0.15, 0.2) is 0 Å².